The minimum Gasteiger partial charge on any atom is -0.379 e. The SMILES string of the molecule is O=C1CC2(COC2)/C1=C\c1ccccc1-c1cn(C(c2ccccc2)(c2ccccc2)c2ccccc2)cn1. The maximum absolute atomic E-state index is 12.6. The molecule has 4 nitrogen and oxygen atoms in total. The first-order valence-corrected chi connectivity index (χ1v) is 13.3. The maximum atomic E-state index is 12.6. The topological polar surface area (TPSA) is 44.1 Å². The summed E-state index contributed by atoms with van der Waals surface area (Å²) in [5.41, 5.74) is 6.47. The van der Waals surface area contributed by atoms with Crippen molar-refractivity contribution in [1.82, 2.24) is 9.55 Å². The summed E-state index contributed by atoms with van der Waals surface area (Å²) in [6.07, 6.45) is 6.71. The van der Waals surface area contributed by atoms with Crippen LogP contribution in [0, 0.1) is 5.41 Å². The van der Waals surface area contributed by atoms with Crippen LogP contribution in [-0.4, -0.2) is 28.5 Å². The number of ether oxygens (including phenoxy) is 1. The van der Waals surface area contributed by atoms with E-state index < -0.39 is 5.54 Å². The molecule has 4 aromatic carbocycles. The second-order valence-electron chi connectivity index (χ2n) is 10.5. The summed E-state index contributed by atoms with van der Waals surface area (Å²) in [6, 6.07) is 40.0. The average molecular weight is 509 g/mol. The zero-order valence-electron chi connectivity index (χ0n) is 21.5. The molecule has 1 aliphatic carbocycles. The maximum Gasteiger partial charge on any atom is 0.160 e. The van der Waals surface area contributed by atoms with E-state index in [1.54, 1.807) is 0 Å². The zero-order valence-corrected chi connectivity index (χ0v) is 21.5. The molecule has 1 saturated heterocycles. The Bertz CT molecular complexity index is 1570. The van der Waals surface area contributed by atoms with Crippen LogP contribution in [0.2, 0.25) is 0 Å². The second kappa shape index (κ2) is 9.33. The van der Waals surface area contributed by atoms with E-state index in [0.717, 1.165) is 39.1 Å². The van der Waals surface area contributed by atoms with Crippen LogP contribution in [-0.2, 0) is 15.1 Å². The van der Waals surface area contributed by atoms with Gasteiger partial charge in [-0.1, -0.05) is 115 Å². The van der Waals surface area contributed by atoms with E-state index in [0.29, 0.717) is 19.6 Å². The van der Waals surface area contributed by atoms with Gasteiger partial charge in [0.1, 0.15) is 5.54 Å². The number of ketones is 1. The monoisotopic (exact) mass is 508 g/mol. The van der Waals surface area contributed by atoms with Crippen molar-refractivity contribution >= 4 is 11.9 Å². The average Bonchev–Trinajstić information content (AvgIpc) is 3.46. The third-order valence-electron chi connectivity index (χ3n) is 8.21. The molecule has 4 heteroatoms. The zero-order chi connectivity index (χ0) is 26.3. The fourth-order valence-corrected chi connectivity index (χ4v) is 6.17. The van der Waals surface area contributed by atoms with Crippen LogP contribution in [0.1, 0.15) is 28.7 Å². The van der Waals surface area contributed by atoms with Gasteiger partial charge in [0.15, 0.2) is 5.78 Å². The van der Waals surface area contributed by atoms with Gasteiger partial charge in [-0.25, -0.2) is 4.98 Å². The molecular formula is C35H28N2O2. The van der Waals surface area contributed by atoms with Gasteiger partial charge in [0, 0.05) is 23.8 Å². The molecule has 0 unspecified atom stereocenters. The van der Waals surface area contributed by atoms with Crippen molar-refractivity contribution in [3.8, 4) is 11.3 Å². The summed E-state index contributed by atoms with van der Waals surface area (Å²) in [6.45, 7) is 1.27. The van der Waals surface area contributed by atoms with Gasteiger partial charge in [0.2, 0.25) is 0 Å². The van der Waals surface area contributed by atoms with Gasteiger partial charge >= 0.3 is 0 Å². The third-order valence-corrected chi connectivity index (χ3v) is 8.21. The molecule has 5 aromatic rings. The van der Waals surface area contributed by atoms with E-state index in [4.69, 9.17) is 9.72 Å². The smallest absolute Gasteiger partial charge is 0.160 e. The first-order valence-electron chi connectivity index (χ1n) is 13.3. The van der Waals surface area contributed by atoms with Gasteiger partial charge in [0.25, 0.3) is 0 Å². The van der Waals surface area contributed by atoms with Crippen molar-refractivity contribution in [1.29, 1.82) is 0 Å². The van der Waals surface area contributed by atoms with E-state index in [9.17, 15) is 4.79 Å². The van der Waals surface area contributed by atoms with Crippen LogP contribution in [0.4, 0.5) is 0 Å². The number of hydrogen-bond acceptors (Lipinski definition) is 3. The van der Waals surface area contributed by atoms with E-state index in [-0.39, 0.29) is 11.2 Å². The highest BCUT2D eigenvalue weighted by Crippen LogP contribution is 2.50. The van der Waals surface area contributed by atoms with Gasteiger partial charge in [-0.3, -0.25) is 4.79 Å². The lowest BCUT2D eigenvalue weighted by Crippen LogP contribution is -2.54. The van der Waals surface area contributed by atoms with E-state index in [2.05, 4.69) is 120 Å². The van der Waals surface area contributed by atoms with Crippen molar-refractivity contribution in [3.63, 3.8) is 0 Å². The van der Waals surface area contributed by atoms with Crippen LogP contribution >= 0.6 is 0 Å². The Hall–Kier alpha value is -4.54. The van der Waals surface area contributed by atoms with Crippen LogP contribution in [0.25, 0.3) is 17.3 Å². The highest BCUT2D eigenvalue weighted by atomic mass is 16.5. The number of benzene rings is 4. The number of hydrogen-bond donors (Lipinski definition) is 0. The summed E-state index contributed by atoms with van der Waals surface area (Å²) in [7, 11) is 0. The molecule has 1 saturated carbocycles. The molecule has 0 radical (unpaired) electrons. The van der Waals surface area contributed by atoms with Gasteiger partial charge in [-0.05, 0) is 28.3 Å². The van der Waals surface area contributed by atoms with E-state index in [1.807, 2.05) is 18.5 Å². The van der Waals surface area contributed by atoms with Crippen LogP contribution < -0.4 is 0 Å². The normalized spacial score (nSPS) is 17.1. The number of rotatable bonds is 6. The lowest BCUT2D eigenvalue weighted by atomic mass is 9.61. The number of nitrogens with zero attached hydrogens (tertiary/aromatic N) is 2. The Morgan fingerprint density at radius 2 is 1.28 bits per heavy atom. The molecule has 2 aliphatic rings. The Labute approximate surface area is 228 Å². The Morgan fingerprint density at radius 1 is 0.744 bits per heavy atom. The van der Waals surface area contributed by atoms with Gasteiger partial charge in [-0.2, -0.15) is 0 Å². The highest BCUT2D eigenvalue weighted by molar-refractivity contribution is 6.09. The molecule has 0 bridgehead atoms. The molecule has 2 heterocycles. The first-order chi connectivity index (χ1) is 19.2. The lowest BCUT2D eigenvalue weighted by Gasteiger charge is -2.49. The summed E-state index contributed by atoms with van der Waals surface area (Å²) >= 11 is 0. The molecule has 0 atom stereocenters. The first kappa shape index (κ1) is 23.6. The van der Waals surface area contributed by atoms with E-state index in [1.165, 1.54) is 0 Å². The van der Waals surface area contributed by atoms with Gasteiger partial charge < -0.3 is 9.30 Å². The molecule has 1 spiro atoms. The number of imidazole rings is 1. The third kappa shape index (κ3) is 3.71. The fourth-order valence-electron chi connectivity index (χ4n) is 6.17. The molecule has 0 amide bonds. The molecule has 1 aromatic heterocycles. The van der Waals surface area contributed by atoms with Gasteiger partial charge in [0.05, 0.1) is 30.7 Å². The number of carbonyl (C=O) groups excluding carboxylic acids is 1. The lowest BCUT2D eigenvalue weighted by molar-refractivity contribution is -0.150. The van der Waals surface area contributed by atoms with Crippen LogP contribution in [0.15, 0.2) is 133 Å². The summed E-state index contributed by atoms with van der Waals surface area (Å²) < 4.78 is 7.69. The predicted molar refractivity (Wildman–Crippen MR) is 153 cm³/mol. The highest BCUT2D eigenvalue weighted by Gasteiger charge is 2.54. The predicted octanol–water partition coefficient (Wildman–Crippen LogP) is 6.76. The molecule has 39 heavy (non-hydrogen) atoms. The quantitative estimate of drug-likeness (QED) is 0.188. The van der Waals surface area contributed by atoms with Crippen LogP contribution in [0.3, 0.4) is 0 Å². The second-order valence-corrected chi connectivity index (χ2v) is 10.5. The molecule has 7 rings (SSSR count). The van der Waals surface area contributed by atoms with Crippen molar-refractivity contribution < 1.29 is 9.53 Å². The fraction of sp³-hybridized carbons (Fsp3) is 0.143. The van der Waals surface area contributed by atoms with Crippen molar-refractivity contribution in [2.24, 2.45) is 5.41 Å². The van der Waals surface area contributed by atoms with Crippen molar-refractivity contribution in [3.05, 3.63) is 156 Å². The number of Topliss-reactive ketones (excluding diaryl/α,β-unsaturated/α-hetero) is 1. The minimum atomic E-state index is -0.625. The number of aromatic nitrogens is 2. The molecule has 190 valence electrons. The summed E-state index contributed by atoms with van der Waals surface area (Å²) in [5, 5.41) is 0. The molecular weight excluding hydrogens is 480 g/mol. The largest absolute Gasteiger partial charge is 0.379 e. The van der Waals surface area contributed by atoms with Crippen LogP contribution in [0.5, 0.6) is 0 Å². The van der Waals surface area contributed by atoms with E-state index >= 15 is 0 Å². The summed E-state index contributed by atoms with van der Waals surface area (Å²) in [4.78, 5) is 17.5. The Balaban J connectivity index is 1.41. The molecule has 2 fully saturated rings. The Kier molecular flexibility index (Phi) is 5.64. The standard InChI is InChI=1S/C35H28N2O2/c38-33-21-34(23-39-24-34)31(33)20-26-12-10-11-19-30(26)32-22-37(25-36-32)35(27-13-4-1-5-14-27,28-15-6-2-7-16-28)29-17-8-3-9-18-29/h1-20,22,25H,21,23-24H2/b31-20-. The Morgan fingerprint density at radius 3 is 1.79 bits per heavy atom. The minimum absolute atomic E-state index is 0.0906. The van der Waals surface area contributed by atoms with Crippen molar-refractivity contribution in [2.45, 2.75) is 12.0 Å². The van der Waals surface area contributed by atoms with Crippen molar-refractivity contribution in [2.75, 3.05) is 13.2 Å². The molecule has 1 aliphatic heterocycles. The van der Waals surface area contributed by atoms with Gasteiger partial charge in [-0.15, -0.1) is 0 Å². The number of carbonyl (C=O) groups is 1. The molecule has 0 N–H and O–H groups in total. The summed E-state index contributed by atoms with van der Waals surface area (Å²) in [5.74, 6) is 0.217.